The third-order valence-electron chi connectivity index (χ3n) is 8.04. The van der Waals surface area contributed by atoms with Gasteiger partial charge in [0.25, 0.3) is 0 Å². The second-order valence-corrected chi connectivity index (χ2v) is 12.4. The molecule has 1 aliphatic heterocycles. The maximum atomic E-state index is 12.5. The van der Waals surface area contributed by atoms with Gasteiger partial charge in [-0.3, -0.25) is 9.10 Å². The van der Waals surface area contributed by atoms with Crippen molar-refractivity contribution in [3.8, 4) is 0 Å². The zero-order valence-corrected chi connectivity index (χ0v) is 19.2. The molecule has 5 fully saturated rings. The number of sulfonamides is 1. The van der Waals surface area contributed by atoms with Gasteiger partial charge in [0, 0.05) is 13.2 Å². The van der Waals surface area contributed by atoms with Crippen LogP contribution in [0.25, 0.3) is 0 Å². The highest BCUT2D eigenvalue weighted by atomic mass is 32.2. The molecule has 6 rings (SSSR count). The van der Waals surface area contributed by atoms with Gasteiger partial charge in [-0.05, 0) is 92.2 Å². The van der Waals surface area contributed by atoms with Crippen LogP contribution in [0.1, 0.15) is 56.9 Å². The number of nitrogens with one attached hydrogen (secondary N) is 1. The molecule has 31 heavy (non-hydrogen) atoms. The molecule has 0 spiro atoms. The molecule has 1 saturated heterocycles. The van der Waals surface area contributed by atoms with E-state index >= 15 is 0 Å². The summed E-state index contributed by atoms with van der Waals surface area (Å²) in [5.74, 6) is 2.30. The minimum atomic E-state index is -3.57. The predicted octanol–water partition coefficient (Wildman–Crippen LogP) is 3.22. The maximum absolute atomic E-state index is 12.5. The number of carbonyl (C=O) groups excluding carboxylic acids is 1. The van der Waals surface area contributed by atoms with Crippen molar-refractivity contribution in [3.05, 3.63) is 29.8 Å². The molecule has 1 aromatic rings. The molecule has 1 atom stereocenters. The third-order valence-corrected chi connectivity index (χ3v) is 9.18. The summed E-state index contributed by atoms with van der Waals surface area (Å²) in [7, 11) is -3.57. The molecule has 0 aromatic heterocycles. The van der Waals surface area contributed by atoms with Crippen molar-refractivity contribution in [2.24, 2.45) is 17.8 Å². The highest BCUT2D eigenvalue weighted by molar-refractivity contribution is 7.92. The highest BCUT2D eigenvalue weighted by Gasteiger charge is 2.51. The fraction of sp³-hybridized carbons (Fsp3) is 0.708. The number of benzene rings is 1. The van der Waals surface area contributed by atoms with Crippen LogP contribution in [0.2, 0.25) is 0 Å². The van der Waals surface area contributed by atoms with E-state index in [0.29, 0.717) is 12.2 Å². The average molecular weight is 447 g/mol. The summed E-state index contributed by atoms with van der Waals surface area (Å²) in [5, 5.41) is 2.83. The number of rotatable bonds is 7. The highest BCUT2D eigenvalue weighted by Crippen LogP contribution is 2.60. The molecule has 170 valence electrons. The lowest BCUT2D eigenvalue weighted by atomic mass is 9.48. The van der Waals surface area contributed by atoms with Gasteiger partial charge in [0.2, 0.25) is 15.9 Å². The van der Waals surface area contributed by atoms with E-state index in [4.69, 9.17) is 4.74 Å². The molecule has 1 unspecified atom stereocenters. The van der Waals surface area contributed by atoms with Crippen LogP contribution in [0.4, 0.5) is 5.69 Å². The minimum absolute atomic E-state index is 0.0372. The van der Waals surface area contributed by atoms with Crippen LogP contribution >= 0.6 is 0 Å². The summed E-state index contributed by atoms with van der Waals surface area (Å²) >= 11 is 0. The van der Waals surface area contributed by atoms with E-state index in [2.05, 4.69) is 17.4 Å². The van der Waals surface area contributed by atoms with Crippen LogP contribution in [0.15, 0.2) is 24.3 Å². The van der Waals surface area contributed by atoms with Crippen LogP contribution in [-0.4, -0.2) is 46.4 Å². The molecule has 4 aliphatic carbocycles. The Morgan fingerprint density at radius 3 is 2.23 bits per heavy atom. The number of hydrogen-bond acceptors (Lipinski definition) is 4. The molecule has 4 bridgehead atoms. The molecule has 1 heterocycles. The second-order valence-electron chi connectivity index (χ2n) is 10.5. The van der Waals surface area contributed by atoms with Crippen molar-refractivity contribution in [1.82, 2.24) is 5.32 Å². The number of hydrogen-bond donors (Lipinski definition) is 1. The monoisotopic (exact) mass is 446 g/mol. The van der Waals surface area contributed by atoms with Gasteiger partial charge in [0.1, 0.15) is 6.54 Å². The van der Waals surface area contributed by atoms with Gasteiger partial charge in [-0.25, -0.2) is 8.42 Å². The van der Waals surface area contributed by atoms with Gasteiger partial charge in [-0.1, -0.05) is 12.1 Å². The van der Waals surface area contributed by atoms with Crippen LogP contribution in [0.3, 0.4) is 0 Å². The molecule has 0 radical (unpaired) electrons. The lowest BCUT2D eigenvalue weighted by Crippen LogP contribution is -2.48. The van der Waals surface area contributed by atoms with Gasteiger partial charge in [-0.15, -0.1) is 0 Å². The Labute approximate surface area is 185 Å². The molecular weight excluding hydrogens is 412 g/mol. The van der Waals surface area contributed by atoms with Crippen molar-refractivity contribution >= 4 is 21.6 Å². The summed E-state index contributed by atoms with van der Waals surface area (Å²) in [6, 6.07) is 8.01. The minimum Gasteiger partial charge on any atom is -0.376 e. The maximum Gasteiger partial charge on any atom is 0.240 e. The van der Waals surface area contributed by atoms with E-state index in [0.717, 1.165) is 43.5 Å². The molecule has 7 heteroatoms. The SMILES string of the molecule is CS(=O)(=O)N(CC(=O)NCC1CCCO1)c1ccc(C23CC4CC(CC(C4)C2)C3)cc1. The summed E-state index contributed by atoms with van der Waals surface area (Å²) in [5.41, 5.74) is 2.19. The van der Waals surface area contributed by atoms with Crippen LogP contribution in [-0.2, 0) is 25.0 Å². The number of anilines is 1. The first-order chi connectivity index (χ1) is 14.8. The van der Waals surface area contributed by atoms with E-state index < -0.39 is 10.0 Å². The Hall–Kier alpha value is -1.60. The van der Waals surface area contributed by atoms with Gasteiger partial charge in [-0.2, -0.15) is 0 Å². The van der Waals surface area contributed by atoms with E-state index in [9.17, 15) is 13.2 Å². The Kier molecular flexibility index (Phi) is 5.53. The first kappa shape index (κ1) is 21.3. The van der Waals surface area contributed by atoms with Gasteiger partial charge in [0.15, 0.2) is 0 Å². The Morgan fingerprint density at radius 2 is 1.71 bits per heavy atom. The van der Waals surface area contributed by atoms with Crippen molar-refractivity contribution in [2.45, 2.75) is 62.9 Å². The molecule has 1 amide bonds. The molecule has 6 nitrogen and oxygen atoms in total. The summed E-state index contributed by atoms with van der Waals surface area (Å²) < 4.78 is 31.6. The Bertz CT molecular complexity index is 886. The van der Waals surface area contributed by atoms with Gasteiger partial charge >= 0.3 is 0 Å². The third kappa shape index (κ3) is 4.36. The van der Waals surface area contributed by atoms with Crippen LogP contribution in [0, 0.1) is 17.8 Å². The first-order valence-corrected chi connectivity index (χ1v) is 13.6. The number of carbonyl (C=O) groups is 1. The molecular formula is C24H34N2O4S. The summed E-state index contributed by atoms with van der Waals surface area (Å²) in [6.07, 6.45) is 11.2. The fourth-order valence-corrected chi connectivity index (χ4v) is 7.92. The lowest BCUT2D eigenvalue weighted by molar-refractivity contribution is -0.120. The molecule has 1 aromatic carbocycles. The zero-order chi connectivity index (χ0) is 21.6. The van der Waals surface area contributed by atoms with Crippen LogP contribution in [0.5, 0.6) is 0 Å². The summed E-state index contributed by atoms with van der Waals surface area (Å²) in [6.45, 7) is 0.954. The van der Waals surface area contributed by atoms with E-state index in [1.54, 1.807) is 0 Å². The van der Waals surface area contributed by atoms with Gasteiger partial charge < -0.3 is 10.1 Å². The Morgan fingerprint density at radius 1 is 1.10 bits per heavy atom. The second kappa shape index (κ2) is 8.07. The topological polar surface area (TPSA) is 75.7 Å². The van der Waals surface area contributed by atoms with Gasteiger partial charge in [0.05, 0.1) is 18.0 Å². The van der Waals surface area contributed by atoms with E-state index in [1.165, 1.54) is 48.4 Å². The van der Waals surface area contributed by atoms with Crippen molar-refractivity contribution in [3.63, 3.8) is 0 Å². The predicted molar refractivity (Wildman–Crippen MR) is 120 cm³/mol. The van der Waals surface area contributed by atoms with E-state index in [1.807, 2.05) is 12.1 Å². The zero-order valence-electron chi connectivity index (χ0n) is 18.4. The first-order valence-electron chi connectivity index (χ1n) is 11.8. The standard InChI is InChI=1S/C24H34N2O4S/c1-31(28,29)26(16-23(27)25-15-22-3-2-8-30-22)21-6-4-20(5-7-21)24-12-17-9-18(13-24)11-19(10-17)14-24/h4-7,17-19,22H,2-3,8-16H2,1H3,(H,25,27). The number of ether oxygens (including phenoxy) is 1. The smallest absolute Gasteiger partial charge is 0.240 e. The number of nitrogens with zero attached hydrogens (tertiary/aromatic N) is 1. The van der Waals surface area contributed by atoms with Crippen molar-refractivity contribution < 1.29 is 17.9 Å². The quantitative estimate of drug-likeness (QED) is 0.698. The van der Waals surface area contributed by atoms with Crippen molar-refractivity contribution in [2.75, 3.05) is 30.3 Å². The molecule has 1 N–H and O–H groups in total. The van der Waals surface area contributed by atoms with Crippen LogP contribution < -0.4 is 9.62 Å². The molecule has 5 aliphatic rings. The normalized spacial score (nSPS) is 34.1. The molecule has 4 saturated carbocycles. The largest absolute Gasteiger partial charge is 0.376 e. The average Bonchev–Trinajstić information content (AvgIpc) is 3.22. The van der Waals surface area contributed by atoms with Crippen molar-refractivity contribution in [1.29, 1.82) is 0 Å². The fourth-order valence-electron chi connectivity index (χ4n) is 7.06. The lowest BCUT2D eigenvalue weighted by Gasteiger charge is -2.57. The number of amides is 1. The Balaban J connectivity index is 1.29. The summed E-state index contributed by atoms with van der Waals surface area (Å²) in [4.78, 5) is 12.5. The van der Waals surface area contributed by atoms with E-state index in [-0.39, 0.29) is 24.0 Å².